The van der Waals surface area contributed by atoms with E-state index in [2.05, 4.69) is 10.2 Å². The summed E-state index contributed by atoms with van der Waals surface area (Å²) in [4.78, 5) is 26.6. The van der Waals surface area contributed by atoms with Crippen LogP contribution in [-0.4, -0.2) is 38.7 Å². The molecule has 140 valence electrons. The number of piperidine rings is 1. The van der Waals surface area contributed by atoms with Crippen molar-refractivity contribution in [1.29, 1.82) is 0 Å². The molecule has 2 aromatic heterocycles. The minimum Gasteiger partial charge on any atom is -0.339 e. The van der Waals surface area contributed by atoms with Gasteiger partial charge in [0.25, 0.3) is 5.91 Å². The van der Waals surface area contributed by atoms with E-state index < -0.39 is 0 Å². The fraction of sp³-hybridized carbons (Fsp3) is 0.316. The number of nitrogens with one attached hydrogen (secondary N) is 1. The summed E-state index contributed by atoms with van der Waals surface area (Å²) in [5, 5.41) is 10.2. The van der Waals surface area contributed by atoms with Crippen molar-refractivity contribution in [2.75, 3.05) is 13.1 Å². The van der Waals surface area contributed by atoms with Crippen molar-refractivity contribution < 1.29 is 4.79 Å². The van der Waals surface area contributed by atoms with Crippen LogP contribution in [0.15, 0.2) is 46.6 Å². The lowest BCUT2D eigenvalue weighted by molar-refractivity contribution is 0.0689. The average Bonchev–Trinajstić information content (AvgIpc) is 3.31. The van der Waals surface area contributed by atoms with Crippen LogP contribution in [0.5, 0.6) is 0 Å². The number of hydrogen-bond acceptors (Lipinski definition) is 4. The number of halogens is 1. The first-order valence-corrected chi connectivity index (χ1v) is 10.1. The van der Waals surface area contributed by atoms with Crippen LogP contribution >= 0.6 is 22.9 Å². The van der Waals surface area contributed by atoms with Gasteiger partial charge in [-0.3, -0.25) is 4.79 Å². The van der Waals surface area contributed by atoms with Gasteiger partial charge in [0.05, 0.1) is 0 Å². The van der Waals surface area contributed by atoms with Crippen molar-refractivity contribution in [3.63, 3.8) is 0 Å². The van der Waals surface area contributed by atoms with Crippen LogP contribution in [0.2, 0.25) is 5.02 Å². The number of aromatic nitrogens is 3. The summed E-state index contributed by atoms with van der Waals surface area (Å²) in [7, 11) is 0. The average molecular weight is 403 g/mol. The molecule has 0 atom stereocenters. The zero-order chi connectivity index (χ0) is 18.8. The fourth-order valence-corrected chi connectivity index (χ4v) is 4.43. The van der Waals surface area contributed by atoms with E-state index in [1.165, 1.54) is 11.3 Å². The Morgan fingerprint density at radius 2 is 2.07 bits per heavy atom. The van der Waals surface area contributed by atoms with E-state index in [1.54, 1.807) is 28.8 Å². The van der Waals surface area contributed by atoms with Crippen molar-refractivity contribution in [3.05, 3.63) is 68.7 Å². The van der Waals surface area contributed by atoms with Gasteiger partial charge in [0.2, 0.25) is 0 Å². The summed E-state index contributed by atoms with van der Waals surface area (Å²) in [5.74, 6) is 1.16. The molecule has 0 spiro atoms. The van der Waals surface area contributed by atoms with Crippen molar-refractivity contribution in [2.45, 2.75) is 19.3 Å². The second-order valence-corrected chi connectivity index (χ2v) is 8.04. The molecule has 4 rings (SSSR count). The van der Waals surface area contributed by atoms with E-state index in [9.17, 15) is 9.59 Å². The van der Waals surface area contributed by atoms with E-state index in [0.29, 0.717) is 29.6 Å². The number of hydrogen-bond donors (Lipinski definition) is 1. The minimum absolute atomic E-state index is 0.0196. The molecular formula is C19H19ClN4O2S. The van der Waals surface area contributed by atoms with Crippen molar-refractivity contribution in [1.82, 2.24) is 19.7 Å². The molecule has 1 saturated heterocycles. The van der Waals surface area contributed by atoms with Crippen LogP contribution in [-0.2, 0) is 6.42 Å². The van der Waals surface area contributed by atoms with Gasteiger partial charge in [-0.2, -0.15) is 5.10 Å². The smallest absolute Gasteiger partial charge is 0.339 e. The van der Waals surface area contributed by atoms with E-state index in [4.69, 9.17) is 11.6 Å². The zero-order valence-corrected chi connectivity index (χ0v) is 16.2. The van der Waals surface area contributed by atoms with Crippen LogP contribution < -0.4 is 5.69 Å². The third kappa shape index (κ3) is 3.84. The van der Waals surface area contributed by atoms with Gasteiger partial charge in [0.1, 0.15) is 10.8 Å². The van der Waals surface area contributed by atoms with E-state index in [1.807, 2.05) is 22.4 Å². The number of carbonyl (C=O) groups is 1. The molecule has 1 fully saturated rings. The van der Waals surface area contributed by atoms with Gasteiger partial charge in [-0.15, -0.1) is 11.3 Å². The maximum atomic E-state index is 12.6. The van der Waals surface area contributed by atoms with Crippen LogP contribution in [0.25, 0.3) is 5.00 Å². The van der Waals surface area contributed by atoms with E-state index in [-0.39, 0.29) is 11.6 Å². The molecule has 1 aromatic carbocycles. The van der Waals surface area contributed by atoms with Gasteiger partial charge in [-0.05, 0) is 54.5 Å². The highest BCUT2D eigenvalue weighted by atomic mass is 35.5. The number of H-pyrrole nitrogens is 1. The summed E-state index contributed by atoms with van der Waals surface area (Å²) in [6, 6.07) is 10.9. The number of likely N-dealkylation sites (tertiary alicyclic amines) is 1. The van der Waals surface area contributed by atoms with Gasteiger partial charge in [-0.1, -0.05) is 17.7 Å². The standard InChI is InChI=1S/C19H19ClN4O2S/c20-15-4-1-3-14(12-15)18(25)23-8-6-13(7-9-23)11-16-21-22-19(26)24(16)17-5-2-10-27-17/h1-5,10,12-13H,6-9,11H2,(H,22,26). The molecule has 3 aromatic rings. The normalized spacial score (nSPS) is 15.2. The molecule has 27 heavy (non-hydrogen) atoms. The summed E-state index contributed by atoms with van der Waals surface area (Å²) >= 11 is 7.51. The molecule has 3 heterocycles. The highest BCUT2D eigenvalue weighted by molar-refractivity contribution is 7.12. The molecule has 1 N–H and O–H groups in total. The van der Waals surface area contributed by atoms with Gasteiger partial charge in [-0.25, -0.2) is 14.5 Å². The second-order valence-electron chi connectivity index (χ2n) is 6.68. The lowest BCUT2D eigenvalue weighted by Crippen LogP contribution is -2.39. The van der Waals surface area contributed by atoms with Crippen molar-refractivity contribution >= 4 is 28.8 Å². The monoisotopic (exact) mass is 402 g/mol. The topological polar surface area (TPSA) is 71.0 Å². The SMILES string of the molecule is O=C(c1cccc(Cl)c1)N1CCC(Cc2n[nH]c(=O)n2-c2cccs2)CC1. The van der Waals surface area contributed by atoms with Crippen LogP contribution in [0.1, 0.15) is 29.0 Å². The van der Waals surface area contributed by atoms with Gasteiger partial charge < -0.3 is 4.90 Å². The van der Waals surface area contributed by atoms with Crippen molar-refractivity contribution in [2.24, 2.45) is 5.92 Å². The summed E-state index contributed by atoms with van der Waals surface area (Å²) in [5.41, 5.74) is 0.417. The maximum Gasteiger partial charge on any atom is 0.348 e. The second kappa shape index (κ2) is 7.70. The predicted octanol–water partition coefficient (Wildman–Crippen LogP) is 3.37. The summed E-state index contributed by atoms with van der Waals surface area (Å²) < 4.78 is 1.65. The quantitative estimate of drug-likeness (QED) is 0.727. The minimum atomic E-state index is -0.207. The first-order chi connectivity index (χ1) is 13.1. The molecule has 1 aliphatic heterocycles. The molecule has 0 radical (unpaired) electrons. The Hall–Kier alpha value is -2.38. The number of rotatable bonds is 4. The molecule has 0 unspecified atom stereocenters. The third-order valence-corrected chi connectivity index (χ3v) is 6.00. The predicted molar refractivity (Wildman–Crippen MR) is 106 cm³/mol. The summed E-state index contributed by atoms with van der Waals surface area (Å²) in [6.07, 6.45) is 2.49. The fourth-order valence-electron chi connectivity index (χ4n) is 3.49. The first kappa shape index (κ1) is 18.0. The Labute approximate surface area is 165 Å². The largest absolute Gasteiger partial charge is 0.348 e. The lowest BCUT2D eigenvalue weighted by Gasteiger charge is -2.32. The summed E-state index contributed by atoms with van der Waals surface area (Å²) in [6.45, 7) is 1.40. The Bertz CT molecular complexity index is 987. The van der Waals surface area contributed by atoms with E-state index >= 15 is 0 Å². The van der Waals surface area contributed by atoms with Gasteiger partial charge >= 0.3 is 5.69 Å². The van der Waals surface area contributed by atoms with Crippen LogP contribution in [0, 0.1) is 5.92 Å². The Kier molecular flexibility index (Phi) is 5.13. The number of carbonyl (C=O) groups excluding carboxylic acids is 1. The van der Waals surface area contributed by atoms with E-state index in [0.717, 1.165) is 30.1 Å². The van der Waals surface area contributed by atoms with Crippen LogP contribution in [0.4, 0.5) is 0 Å². The number of aromatic amines is 1. The number of benzene rings is 1. The molecule has 1 aliphatic rings. The maximum absolute atomic E-state index is 12.6. The highest BCUT2D eigenvalue weighted by Crippen LogP contribution is 2.24. The molecule has 1 amide bonds. The van der Waals surface area contributed by atoms with Crippen LogP contribution in [0.3, 0.4) is 0 Å². The molecule has 6 nitrogen and oxygen atoms in total. The molecule has 0 bridgehead atoms. The highest BCUT2D eigenvalue weighted by Gasteiger charge is 2.25. The number of amides is 1. The Balaban J connectivity index is 1.41. The van der Waals surface area contributed by atoms with Gasteiger partial charge in [0.15, 0.2) is 0 Å². The van der Waals surface area contributed by atoms with Crippen molar-refractivity contribution in [3.8, 4) is 5.00 Å². The number of thiophene rings is 1. The first-order valence-electron chi connectivity index (χ1n) is 8.87. The molecule has 0 saturated carbocycles. The lowest BCUT2D eigenvalue weighted by atomic mass is 9.93. The zero-order valence-electron chi connectivity index (χ0n) is 14.6. The molecule has 8 heteroatoms. The molecular weight excluding hydrogens is 384 g/mol. The third-order valence-electron chi connectivity index (χ3n) is 4.91. The Morgan fingerprint density at radius 3 is 2.78 bits per heavy atom. The Morgan fingerprint density at radius 1 is 1.26 bits per heavy atom. The van der Waals surface area contributed by atoms with Gasteiger partial charge in [0, 0.05) is 30.1 Å². The molecule has 0 aliphatic carbocycles. The number of nitrogens with zero attached hydrogens (tertiary/aromatic N) is 3.